The number of piperidine rings is 1. The predicted molar refractivity (Wildman–Crippen MR) is 162 cm³/mol. The SMILES string of the molecule is COc1ccc(CN(Cc2ccc(OC)cc2)c2nccc3c2CC(=O)N3[C@@H]2CCCN(C(=O)OC(C)(C)C)C2)cc1. The number of fused-ring (bicyclic) bond motifs is 1. The van der Waals surface area contributed by atoms with Crippen molar-refractivity contribution < 1.29 is 23.8 Å². The summed E-state index contributed by atoms with van der Waals surface area (Å²) in [5, 5.41) is 0. The summed E-state index contributed by atoms with van der Waals surface area (Å²) in [7, 11) is 3.31. The lowest BCUT2D eigenvalue weighted by atomic mass is 10.0. The van der Waals surface area contributed by atoms with E-state index in [9.17, 15) is 9.59 Å². The summed E-state index contributed by atoms with van der Waals surface area (Å²) >= 11 is 0. The monoisotopic (exact) mass is 572 g/mol. The largest absolute Gasteiger partial charge is 0.497 e. The molecule has 0 bridgehead atoms. The van der Waals surface area contributed by atoms with Crippen LogP contribution in [0.1, 0.15) is 50.3 Å². The van der Waals surface area contributed by atoms with Crippen LogP contribution < -0.4 is 19.3 Å². The molecular weight excluding hydrogens is 532 g/mol. The summed E-state index contributed by atoms with van der Waals surface area (Å²) in [5.41, 5.74) is 3.42. The number of benzene rings is 2. The summed E-state index contributed by atoms with van der Waals surface area (Å²) in [6.07, 6.45) is 3.34. The minimum atomic E-state index is -0.572. The van der Waals surface area contributed by atoms with Gasteiger partial charge in [0.2, 0.25) is 5.91 Å². The van der Waals surface area contributed by atoms with Crippen molar-refractivity contribution in [1.29, 1.82) is 0 Å². The number of ether oxygens (including phenoxy) is 3. The van der Waals surface area contributed by atoms with Gasteiger partial charge in [-0.25, -0.2) is 9.78 Å². The molecule has 2 aliphatic heterocycles. The van der Waals surface area contributed by atoms with Gasteiger partial charge in [0.1, 0.15) is 22.9 Å². The topological polar surface area (TPSA) is 84.4 Å². The molecule has 0 N–H and O–H groups in total. The summed E-state index contributed by atoms with van der Waals surface area (Å²) in [6, 6.07) is 17.8. The fourth-order valence-electron chi connectivity index (χ4n) is 5.68. The Morgan fingerprint density at radius 2 is 1.55 bits per heavy atom. The maximum absolute atomic E-state index is 13.6. The highest BCUT2D eigenvalue weighted by atomic mass is 16.6. The molecule has 1 atom stereocenters. The normalized spacial score (nSPS) is 16.7. The summed E-state index contributed by atoms with van der Waals surface area (Å²) in [5.74, 6) is 2.42. The molecule has 0 aliphatic carbocycles. The third-order valence-corrected chi connectivity index (χ3v) is 7.64. The number of carbonyl (C=O) groups is 2. The number of hydrogen-bond donors (Lipinski definition) is 0. The first-order valence-corrected chi connectivity index (χ1v) is 14.4. The predicted octanol–water partition coefficient (Wildman–Crippen LogP) is 5.59. The van der Waals surface area contributed by atoms with Crippen LogP contribution in [0.25, 0.3) is 0 Å². The minimum absolute atomic E-state index is 0.0316. The molecule has 9 heteroatoms. The summed E-state index contributed by atoms with van der Waals surface area (Å²) < 4.78 is 16.3. The smallest absolute Gasteiger partial charge is 0.410 e. The van der Waals surface area contributed by atoms with Crippen molar-refractivity contribution in [3.05, 3.63) is 77.5 Å². The number of likely N-dealkylation sites (tertiary alicyclic amines) is 1. The van der Waals surface area contributed by atoms with Crippen LogP contribution in [0.5, 0.6) is 11.5 Å². The first kappa shape index (κ1) is 29.2. The van der Waals surface area contributed by atoms with E-state index in [4.69, 9.17) is 19.2 Å². The Labute approximate surface area is 248 Å². The molecule has 222 valence electrons. The van der Waals surface area contributed by atoms with Gasteiger partial charge < -0.3 is 28.9 Å². The number of anilines is 2. The van der Waals surface area contributed by atoms with Crippen LogP contribution in [0.2, 0.25) is 0 Å². The van der Waals surface area contributed by atoms with Crippen molar-refractivity contribution in [3.63, 3.8) is 0 Å². The van der Waals surface area contributed by atoms with Crippen LogP contribution in [0, 0.1) is 0 Å². The highest BCUT2D eigenvalue weighted by Crippen LogP contribution is 2.38. The van der Waals surface area contributed by atoms with E-state index in [1.54, 1.807) is 25.3 Å². The maximum atomic E-state index is 13.6. The molecule has 5 rings (SSSR count). The van der Waals surface area contributed by atoms with Crippen LogP contribution >= 0.6 is 0 Å². The zero-order valence-corrected chi connectivity index (χ0v) is 25.1. The van der Waals surface area contributed by atoms with Crippen molar-refractivity contribution in [2.45, 2.75) is 64.8 Å². The molecule has 0 radical (unpaired) electrons. The number of nitrogens with zero attached hydrogens (tertiary/aromatic N) is 4. The average Bonchev–Trinajstić information content (AvgIpc) is 3.32. The summed E-state index contributed by atoms with van der Waals surface area (Å²) in [4.78, 5) is 37.1. The van der Waals surface area contributed by atoms with E-state index in [1.807, 2.05) is 80.3 Å². The van der Waals surface area contributed by atoms with Crippen molar-refractivity contribution in [3.8, 4) is 11.5 Å². The van der Waals surface area contributed by atoms with E-state index in [-0.39, 0.29) is 24.5 Å². The lowest BCUT2D eigenvalue weighted by Gasteiger charge is -2.38. The van der Waals surface area contributed by atoms with E-state index in [0.717, 1.165) is 52.5 Å². The highest BCUT2D eigenvalue weighted by molar-refractivity contribution is 6.03. The van der Waals surface area contributed by atoms with Gasteiger partial charge in [0.05, 0.1) is 32.4 Å². The standard InChI is InChI=1S/C33H40N4O5/c1-33(2,3)42-32(39)35-18-6-7-25(22-35)37-29-16-17-34-31(28(29)19-30(37)38)36(20-23-8-12-26(40-4)13-9-23)21-24-10-14-27(41-5)15-11-24/h8-17,25H,6-7,18-22H2,1-5H3/t25-/m1/s1. The molecule has 0 unspecified atom stereocenters. The molecule has 9 nitrogen and oxygen atoms in total. The first-order valence-electron chi connectivity index (χ1n) is 14.4. The second-order valence-corrected chi connectivity index (χ2v) is 11.8. The van der Waals surface area contributed by atoms with E-state index in [1.165, 1.54) is 0 Å². The molecule has 2 amide bonds. The van der Waals surface area contributed by atoms with E-state index >= 15 is 0 Å². The second-order valence-electron chi connectivity index (χ2n) is 11.8. The van der Waals surface area contributed by atoms with E-state index in [2.05, 4.69) is 4.90 Å². The summed E-state index contributed by atoms with van der Waals surface area (Å²) in [6.45, 7) is 7.87. The molecule has 0 saturated carbocycles. The molecule has 2 aliphatic rings. The number of methoxy groups -OCH3 is 2. The van der Waals surface area contributed by atoms with Gasteiger partial charge in [-0.05, 0) is 75.1 Å². The van der Waals surface area contributed by atoms with Gasteiger partial charge in [0, 0.05) is 37.9 Å². The van der Waals surface area contributed by atoms with Crippen LogP contribution in [0.15, 0.2) is 60.8 Å². The lowest BCUT2D eigenvalue weighted by molar-refractivity contribution is -0.118. The molecule has 1 aromatic heterocycles. The van der Waals surface area contributed by atoms with Crippen LogP contribution in [0.4, 0.5) is 16.3 Å². The van der Waals surface area contributed by atoms with Crippen molar-refractivity contribution in [2.24, 2.45) is 0 Å². The van der Waals surface area contributed by atoms with Gasteiger partial charge >= 0.3 is 6.09 Å². The number of hydrogen-bond acceptors (Lipinski definition) is 7. The van der Waals surface area contributed by atoms with Crippen LogP contribution in [0.3, 0.4) is 0 Å². The Morgan fingerprint density at radius 3 is 2.10 bits per heavy atom. The number of amides is 2. The van der Waals surface area contributed by atoms with Crippen LogP contribution in [-0.4, -0.2) is 60.8 Å². The molecule has 42 heavy (non-hydrogen) atoms. The quantitative estimate of drug-likeness (QED) is 0.348. The molecule has 3 aromatic rings. The lowest BCUT2D eigenvalue weighted by Crippen LogP contribution is -2.51. The van der Waals surface area contributed by atoms with Gasteiger partial charge in [-0.1, -0.05) is 24.3 Å². The van der Waals surface area contributed by atoms with Crippen LogP contribution in [-0.2, 0) is 29.0 Å². The average molecular weight is 573 g/mol. The molecular formula is C33H40N4O5. The van der Waals surface area contributed by atoms with Gasteiger partial charge in [-0.15, -0.1) is 0 Å². The van der Waals surface area contributed by atoms with Crippen molar-refractivity contribution in [2.75, 3.05) is 37.1 Å². The minimum Gasteiger partial charge on any atom is -0.497 e. The van der Waals surface area contributed by atoms with Crippen molar-refractivity contribution >= 4 is 23.5 Å². The van der Waals surface area contributed by atoms with Gasteiger partial charge in [-0.2, -0.15) is 0 Å². The molecule has 1 saturated heterocycles. The van der Waals surface area contributed by atoms with Gasteiger partial charge in [-0.3, -0.25) is 4.79 Å². The molecule has 1 fully saturated rings. The molecule has 2 aromatic carbocycles. The Morgan fingerprint density at radius 1 is 0.952 bits per heavy atom. The molecule has 3 heterocycles. The third kappa shape index (κ3) is 6.61. The highest BCUT2D eigenvalue weighted by Gasteiger charge is 2.39. The number of rotatable bonds is 8. The Bertz CT molecular complexity index is 1350. The Kier molecular flexibility index (Phi) is 8.56. The third-order valence-electron chi connectivity index (χ3n) is 7.64. The fourth-order valence-corrected chi connectivity index (χ4v) is 5.68. The Hall–Kier alpha value is -4.27. The van der Waals surface area contributed by atoms with E-state index in [0.29, 0.717) is 26.2 Å². The zero-order valence-electron chi connectivity index (χ0n) is 25.1. The fraction of sp³-hybridized carbons (Fsp3) is 0.424. The molecule has 0 spiro atoms. The first-order chi connectivity index (χ1) is 20.1. The maximum Gasteiger partial charge on any atom is 0.410 e. The second kappa shape index (κ2) is 12.3. The zero-order chi connectivity index (χ0) is 29.9. The number of carbonyl (C=O) groups excluding carboxylic acids is 2. The number of aromatic nitrogens is 1. The van der Waals surface area contributed by atoms with Crippen molar-refractivity contribution in [1.82, 2.24) is 9.88 Å². The number of pyridine rings is 1. The van der Waals surface area contributed by atoms with E-state index < -0.39 is 5.60 Å². The Balaban J connectivity index is 1.44. The van der Waals surface area contributed by atoms with Gasteiger partial charge in [0.25, 0.3) is 0 Å². The van der Waals surface area contributed by atoms with Gasteiger partial charge in [0.15, 0.2) is 0 Å².